The zero-order valence-corrected chi connectivity index (χ0v) is 10.3. The van der Waals surface area contributed by atoms with Gasteiger partial charge in [-0.05, 0) is 42.3 Å². The van der Waals surface area contributed by atoms with E-state index in [0.717, 1.165) is 22.5 Å². The number of rotatable bonds is 3. The van der Waals surface area contributed by atoms with Crippen LogP contribution < -0.4 is 11.1 Å². The average Bonchev–Trinajstić information content (AvgIpc) is 2.39. The van der Waals surface area contributed by atoms with Crippen LogP contribution in [0.4, 0.5) is 11.4 Å². The zero-order valence-electron chi connectivity index (χ0n) is 10.3. The Kier molecular flexibility index (Phi) is 3.49. The Bertz CT molecular complexity index is 597. The van der Waals surface area contributed by atoms with E-state index >= 15 is 0 Å². The lowest BCUT2D eigenvalue weighted by atomic mass is 10.1. The SMILES string of the molecule is Cc1cc(C#N)ccc1NCc1ccccc1N. The number of nitrogens with one attached hydrogen (secondary N) is 1. The monoisotopic (exact) mass is 237 g/mol. The molecule has 0 atom stereocenters. The minimum absolute atomic E-state index is 0.678. The molecule has 0 amide bonds. The molecule has 0 saturated carbocycles. The molecule has 0 unspecified atom stereocenters. The highest BCUT2D eigenvalue weighted by atomic mass is 14.9. The Hall–Kier alpha value is -2.47. The van der Waals surface area contributed by atoms with E-state index in [9.17, 15) is 0 Å². The van der Waals surface area contributed by atoms with Crippen LogP contribution in [0.5, 0.6) is 0 Å². The first-order valence-electron chi connectivity index (χ1n) is 5.78. The van der Waals surface area contributed by atoms with Crippen LogP contribution >= 0.6 is 0 Å². The first kappa shape index (κ1) is 12.0. The van der Waals surface area contributed by atoms with Crippen LogP contribution in [0.25, 0.3) is 0 Å². The molecule has 90 valence electrons. The highest BCUT2D eigenvalue weighted by Crippen LogP contribution is 2.18. The molecule has 0 saturated heterocycles. The fourth-order valence-electron chi connectivity index (χ4n) is 1.82. The molecule has 0 aromatic heterocycles. The van der Waals surface area contributed by atoms with Crippen LogP contribution in [0.2, 0.25) is 0 Å². The fraction of sp³-hybridized carbons (Fsp3) is 0.133. The molecule has 2 aromatic carbocycles. The predicted octanol–water partition coefficient (Wildman–Crippen LogP) is 3.06. The largest absolute Gasteiger partial charge is 0.398 e. The van der Waals surface area contributed by atoms with Gasteiger partial charge in [0.2, 0.25) is 0 Å². The summed E-state index contributed by atoms with van der Waals surface area (Å²) >= 11 is 0. The van der Waals surface area contributed by atoms with Crippen molar-refractivity contribution >= 4 is 11.4 Å². The lowest BCUT2D eigenvalue weighted by Crippen LogP contribution is -2.03. The van der Waals surface area contributed by atoms with E-state index in [1.807, 2.05) is 49.4 Å². The molecule has 3 N–H and O–H groups in total. The molecule has 0 aliphatic heterocycles. The molecular weight excluding hydrogens is 222 g/mol. The van der Waals surface area contributed by atoms with E-state index in [2.05, 4.69) is 11.4 Å². The summed E-state index contributed by atoms with van der Waals surface area (Å²) in [5.74, 6) is 0. The smallest absolute Gasteiger partial charge is 0.0991 e. The number of para-hydroxylation sites is 1. The van der Waals surface area contributed by atoms with E-state index in [1.165, 1.54) is 0 Å². The van der Waals surface area contributed by atoms with Gasteiger partial charge in [0.15, 0.2) is 0 Å². The molecule has 0 aliphatic carbocycles. The van der Waals surface area contributed by atoms with Gasteiger partial charge in [-0.2, -0.15) is 5.26 Å². The van der Waals surface area contributed by atoms with Crippen molar-refractivity contribution in [2.45, 2.75) is 13.5 Å². The van der Waals surface area contributed by atoms with E-state index in [-0.39, 0.29) is 0 Å². The molecule has 2 aromatic rings. The first-order chi connectivity index (χ1) is 8.70. The summed E-state index contributed by atoms with van der Waals surface area (Å²) in [5, 5.41) is 12.1. The normalized spacial score (nSPS) is 9.78. The van der Waals surface area contributed by atoms with Gasteiger partial charge in [-0.3, -0.25) is 0 Å². The number of nitrogens with zero attached hydrogens (tertiary/aromatic N) is 1. The number of aryl methyl sites for hydroxylation is 1. The van der Waals surface area contributed by atoms with Crippen molar-refractivity contribution in [3.05, 3.63) is 59.2 Å². The minimum atomic E-state index is 0.678. The summed E-state index contributed by atoms with van der Waals surface area (Å²) < 4.78 is 0. The number of benzene rings is 2. The number of nitrogens with two attached hydrogens (primary N) is 1. The van der Waals surface area contributed by atoms with E-state index < -0.39 is 0 Å². The molecule has 0 fully saturated rings. The Morgan fingerprint density at radius 3 is 2.67 bits per heavy atom. The molecule has 0 aliphatic rings. The molecule has 3 heteroatoms. The standard InChI is InChI=1S/C15H15N3/c1-11-8-12(9-16)6-7-15(11)18-10-13-4-2-3-5-14(13)17/h2-8,18H,10,17H2,1H3. The molecule has 0 heterocycles. The van der Waals surface area contributed by atoms with E-state index in [0.29, 0.717) is 12.1 Å². The van der Waals surface area contributed by atoms with Crippen molar-refractivity contribution in [1.29, 1.82) is 5.26 Å². The Balaban J connectivity index is 2.12. The maximum absolute atomic E-state index is 8.81. The summed E-state index contributed by atoms with van der Waals surface area (Å²) in [4.78, 5) is 0. The van der Waals surface area contributed by atoms with Crippen LogP contribution in [0.15, 0.2) is 42.5 Å². The minimum Gasteiger partial charge on any atom is -0.398 e. The molecule has 3 nitrogen and oxygen atoms in total. The number of hydrogen-bond donors (Lipinski definition) is 2. The van der Waals surface area contributed by atoms with Crippen LogP contribution in [0.1, 0.15) is 16.7 Å². The number of nitriles is 1. The van der Waals surface area contributed by atoms with Crippen molar-refractivity contribution in [3.63, 3.8) is 0 Å². The van der Waals surface area contributed by atoms with Crippen LogP contribution in [0, 0.1) is 18.3 Å². The van der Waals surface area contributed by atoms with Gasteiger partial charge in [0, 0.05) is 17.9 Å². The Morgan fingerprint density at radius 1 is 1.22 bits per heavy atom. The van der Waals surface area contributed by atoms with Crippen LogP contribution in [-0.2, 0) is 6.54 Å². The number of hydrogen-bond acceptors (Lipinski definition) is 3. The summed E-state index contributed by atoms with van der Waals surface area (Å²) in [6, 6.07) is 15.5. The van der Waals surface area contributed by atoms with E-state index in [1.54, 1.807) is 0 Å². The van der Waals surface area contributed by atoms with Gasteiger partial charge < -0.3 is 11.1 Å². The van der Waals surface area contributed by atoms with Crippen molar-refractivity contribution < 1.29 is 0 Å². The topological polar surface area (TPSA) is 61.8 Å². The highest BCUT2D eigenvalue weighted by Gasteiger charge is 2.01. The van der Waals surface area contributed by atoms with Gasteiger partial charge in [-0.1, -0.05) is 18.2 Å². The van der Waals surface area contributed by atoms with Crippen molar-refractivity contribution in [3.8, 4) is 6.07 Å². The van der Waals surface area contributed by atoms with Crippen molar-refractivity contribution in [1.82, 2.24) is 0 Å². The third kappa shape index (κ3) is 2.61. The lowest BCUT2D eigenvalue weighted by molar-refractivity contribution is 1.14. The zero-order chi connectivity index (χ0) is 13.0. The third-order valence-corrected chi connectivity index (χ3v) is 2.88. The van der Waals surface area contributed by atoms with Crippen molar-refractivity contribution in [2.75, 3.05) is 11.1 Å². The Labute approximate surface area is 107 Å². The summed E-state index contributed by atoms with van der Waals surface area (Å²) in [7, 11) is 0. The van der Waals surface area contributed by atoms with Gasteiger partial charge in [0.1, 0.15) is 0 Å². The Morgan fingerprint density at radius 2 is 2.00 bits per heavy atom. The molecule has 2 rings (SSSR count). The maximum Gasteiger partial charge on any atom is 0.0991 e. The van der Waals surface area contributed by atoms with Gasteiger partial charge in [-0.25, -0.2) is 0 Å². The fourth-order valence-corrected chi connectivity index (χ4v) is 1.82. The van der Waals surface area contributed by atoms with Gasteiger partial charge >= 0.3 is 0 Å². The first-order valence-corrected chi connectivity index (χ1v) is 5.78. The second-order valence-corrected chi connectivity index (χ2v) is 4.19. The van der Waals surface area contributed by atoms with Gasteiger partial charge in [0.05, 0.1) is 11.6 Å². The quantitative estimate of drug-likeness (QED) is 0.806. The lowest BCUT2D eigenvalue weighted by Gasteiger charge is -2.11. The summed E-state index contributed by atoms with van der Waals surface area (Å²) in [6.45, 7) is 2.66. The van der Waals surface area contributed by atoms with Gasteiger partial charge in [0.25, 0.3) is 0 Å². The number of nitrogen functional groups attached to an aromatic ring is 1. The highest BCUT2D eigenvalue weighted by molar-refractivity contribution is 5.56. The van der Waals surface area contributed by atoms with Crippen LogP contribution in [-0.4, -0.2) is 0 Å². The molecule has 18 heavy (non-hydrogen) atoms. The third-order valence-electron chi connectivity index (χ3n) is 2.88. The van der Waals surface area contributed by atoms with Crippen molar-refractivity contribution in [2.24, 2.45) is 0 Å². The second kappa shape index (κ2) is 5.24. The average molecular weight is 237 g/mol. The second-order valence-electron chi connectivity index (χ2n) is 4.19. The molecule has 0 bridgehead atoms. The summed E-state index contributed by atoms with van der Waals surface area (Å²) in [6.07, 6.45) is 0. The molecule has 0 spiro atoms. The summed E-state index contributed by atoms with van der Waals surface area (Å²) in [5.41, 5.74) is 10.5. The van der Waals surface area contributed by atoms with Gasteiger partial charge in [-0.15, -0.1) is 0 Å². The van der Waals surface area contributed by atoms with Crippen LogP contribution in [0.3, 0.4) is 0 Å². The number of anilines is 2. The predicted molar refractivity (Wildman–Crippen MR) is 74.1 cm³/mol. The molecule has 0 radical (unpaired) electrons. The molecular formula is C15H15N3. The maximum atomic E-state index is 8.81. The van der Waals surface area contributed by atoms with E-state index in [4.69, 9.17) is 11.0 Å².